The third-order valence-corrected chi connectivity index (χ3v) is 2.05. The molecule has 1 unspecified atom stereocenters. The van der Waals surface area contributed by atoms with Crippen LogP contribution in [0.2, 0.25) is 0 Å². The minimum atomic E-state index is -0.318. The Morgan fingerprint density at radius 1 is 1.50 bits per heavy atom. The Bertz CT molecular complexity index is 301. The van der Waals surface area contributed by atoms with E-state index >= 15 is 0 Å². The summed E-state index contributed by atoms with van der Waals surface area (Å²) in [7, 11) is 1.54. The molecule has 4 heteroatoms. The molecular formula is C10H15NO3. The fourth-order valence-corrected chi connectivity index (χ4v) is 1.31. The van der Waals surface area contributed by atoms with Gasteiger partial charge < -0.3 is 20.7 Å². The van der Waals surface area contributed by atoms with E-state index in [-0.39, 0.29) is 18.4 Å². The van der Waals surface area contributed by atoms with Gasteiger partial charge in [0.05, 0.1) is 7.11 Å². The lowest BCUT2D eigenvalue weighted by atomic mass is 10.0. The van der Waals surface area contributed by atoms with E-state index < -0.39 is 0 Å². The second-order valence-electron chi connectivity index (χ2n) is 3.05. The standard InChI is InChI=1S/C10H15NO3/c1-14-10-3-2-7(13)6-8(10)9(11)4-5-12/h2-3,6,9,12-13H,4-5,11H2,1H3. The molecule has 0 spiro atoms. The van der Waals surface area contributed by atoms with Gasteiger partial charge in [-0.3, -0.25) is 0 Å². The van der Waals surface area contributed by atoms with Crippen molar-refractivity contribution in [2.24, 2.45) is 5.73 Å². The molecule has 0 radical (unpaired) electrons. The smallest absolute Gasteiger partial charge is 0.123 e. The van der Waals surface area contributed by atoms with Crippen LogP contribution in [-0.2, 0) is 0 Å². The molecule has 1 rings (SSSR count). The molecule has 0 amide bonds. The summed E-state index contributed by atoms with van der Waals surface area (Å²) in [5.41, 5.74) is 6.51. The number of rotatable bonds is 4. The van der Waals surface area contributed by atoms with Gasteiger partial charge in [0.15, 0.2) is 0 Å². The molecular weight excluding hydrogens is 182 g/mol. The predicted molar refractivity (Wildman–Crippen MR) is 53.3 cm³/mol. The summed E-state index contributed by atoms with van der Waals surface area (Å²) in [5, 5.41) is 18.0. The molecule has 4 N–H and O–H groups in total. The highest BCUT2D eigenvalue weighted by Gasteiger charge is 2.11. The molecule has 0 aliphatic heterocycles. The van der Waals surface area contributed by atoms with Gasteiger partial charge in [0.25, 0.3) is 0 Å². The van der Waals surface area contributed by atoms with Gasteiger partial charge in [-0.25, -0.2) is 0 Å². The number of aliphatic hydroxyl groups is 1. The second kappa shape index (κ2) is 4.83. The van der Waals surface area contributed by atoms with Crippen LogP contribution in [-0.4, -0.2) is 23.9 Å². The zero-order valence-corrected chi connectivity index (χ0v) is 8.10. The maximum absolute atomic E-state index is 9.28. The number of ether oxygens (including phenoxy) is 1. The maximum Gasteiger partial charge on any atom is 0.123 e. The average molecular weight is 197 g/mol. The van der Waals surface area contributed by atoms with E-state index in [0.717, 1.165) is 0 Å². The van der Waals surface area contributed by atoms with E-state index in [4.69, 9.17) is 15.6 Å². The lowest BCUT2D eigenvalue weighted by Gasteiger charge is -2.14. The predicted octanol–water partition coefficient (Wildman–Crippen LogP) is 0.783. The molecule has 0 heterocycles. The van der Waals surface area contributed by atoms with E-state index in [1.807, 2.05) is 0 Å². The molecule has 1 aromatic carbocycles. The maximum atomic E-state index is 9.28. The molecule has 14 heavy (non-hydrogen) atoms. The Hall–Kier alpha value is -1.26. The highest BCUT2D eigenvalue weighted by Crippen LogP contribution is 2.28. The Morgan fingerprint density at radius 3 is 2.79 bits per heavy atom. The van der Waals surface area contributed by atoms with Gasteiger partial charge in [0, 0.05) is 18.2 Å². The van der Waals surface area contributed by atoms with E-state index in [1.165, 1.54) is 6.07 Å². The van der Waals surface area contributed by atoms with Gasteiger partial charge in [0.2, 0.25) is 0 Å². The Kier molecular flexibility index (Phi) is 3.73. The first kappa shape index (κ1) is 10.8. The van der Waals surface area contributed by atoms with Crippen molar-refractivity contribution >= 4 is 0 Å². The number of methoxy groups -OCH3 is 1. The van der Waals surface area contributed by atoms with E-state index in [2.05, 4.69) is 0 Å². The molecule has 0 bridgehead atoms. The van der Waals surface area contributed by atoms with Crippen LogP contribution in [0, 0.1) is 0 Å². The normalized spacial score (nSPS) is 12.5. The number of aliphatic hydroxyl groups excluding tert-OH is 1. The van der Waals surface area contributed by atoms with Gasteiger partial charge in [-0.1, -0.05) is 0 Å². The van der Waals surface area contributed by atoms with Crippen LogP contribution in [0.25, 0.3) is 0 Å². The number of benzene rings is 1. The van der Waals surface area contributed by atoms with E-state index in [9.17, 15) is 5.11 Å². The molecule has 0 fully saturated rings. The molecule has 0 saturated carbocycles. The van der Waals surface area contributed by atoms with Crippen molar-refractivity contribution in [2.75, 3.05) is 13.7 Å². The van der Waals surface area contributed by atoms with Crippen LogP contribution < -0.4 is 10.5 Å². The lowest BCUT2D eigenvalue weighted by molar-refractivity contribution is 0.275. The number of nitrogens with two attached hydrogens (primary N) is 1. The third-order valence-electron chi connectivity index (χ3n) is 2.05. The SMILES string of the molecule is COc1ccc(O)cc1C(N)CCO. The van der Waals surface area contributed by atoms with Crippen molar-refractivity contribution in [2.45, 2.75) is 12.5 Å². The Morgan fingerprint density at radius 2 is 2.21 bits per heavy atom. The molecule has 78 valence electrons. The summed E-state index contributed by atoms with van der Waals surface area (Å²) >= 11 is 0. The monoisotopic (exact) mass is 197 g/mol. The van der Waals surface area contributed by atoms with Crippen LogP contribution >= 0.6 is 0 Å². The number of phenols is 1. The summed E-state index contributed by atoms with van der Waals surface area (Å²) in [4.78, 5) is 0. The highest BCUT2D eigenvalue weighted by atomic mass is 16.5. The molecule has 0 aliphatic carbocycles. The summed E-state index contributed by atoms with van der Waals surface area (Å²) in [6.07, 6.45) is 0.444. The average Bonchev–Trinajstić information content (AvgIpc) is 2.18. The van der Waals surface area contributed by atoms with Crippen molar-refractivity contribution < 1.29 is 14.9 Å². The van der Waals surface area contributed by atoms with Crippen LogP contribution in [0.15, 0.2) is 18.2 Å². The molecule has 0 saturated heterocycles. The summed E-state index contributed by atoms with van der Waals surface area (Å²) in [6.45, 7) is 0.0139. The van der Waals surface area contributed by atoms with Gasteiger partial charge in [-0.05, 0) is 24.6 Å². The quantitative estimate of drug-likeness (QED) is 0.666. The summed E-state index contributed by atoms with van der Waals surface area (Å²) < 4.78 is 5.10. The van der Waals surface area contributed by atoms with Crippen LogP contribution in [0.4, 0.5) is 0 Å². The van der Waals surface area contributed by atoms with Crippen molar-refractivity contribution in [1.29, 1.82) is 0 Å². The molecule has 1 aromatic rings. The fourth-order valence-electron chi connectivity index (χ4n) is 1.31. The van der Waals surface area contributed by atoms with Gasteiger partial charge >= 0.3 is 0 Å². The Labute approximate surface area is 82.9 Å². The highest BCUT2D eigenvalue weighted by molar-refractivity contribution is 5.41. The number of aromatic hydroxyl groups is 1. The van der Waals surface area contributed by atoms with E-state index in [0.29, 0.717) is 17.7 Å². The number of phenolic OH excluding ortho intramolecular Hbond substituents is 1. The minimum Gasteiger partial charge on any atom is -0.508 e. The Balaban J connectivity index is 2.97. The fraction of sp³-hybridized carbons (Fsp3) is 0.400. The van der Waals surface area contributed by atoms with Gasteiger partial charge in [0.1, 0.15) is 11.5 Å². The van der Waals surface area contributed by atoms with Crippen molar-refractivity contribution in [3.05, 3.63) is 23.8 Å². The van der Waals surface area contributed by atoms with Gasteiger partial charge in [-0.2, -0.15) is 0 Å². The molecule has 0 aliphatic rings. The number of hydrogen-bond donors (Lipinski definition) is 3. The van der Waals surface area contributed by atoms with Crippen LogP contribution in [0.1, 0.15) is 18.0 Å². The first-order chi connectivity index (χ1) is 6.69. The van der Waals surface area contributed by atoms with Crippen molar-refractivity contribution in [1.82, 2.24) is 0 Å². The molecule has 1 atom stereocenters. The zero-order chi connectivity index (χ0) is 10.6. The first-order valence-corrected chi connectivity index (χ1v) is 4.42. The van der Waals surface area contributed by atoms with Crippen LogP contribution in [0.5, 0.6) is 11.5 Å². The topological polar surface area (TPSA) is 75.7 Å². The van der Waals surface area contributed by atoms with Crippen molar-refractivity contribution in [3.8, 4) is 11.5 Å². The zero-order valence-electron chi connectivity index (χ0n) is 8.10. The summed E-state index contributed by atoms with van der Waals surface area (Å²) in [5.74, 6) is 0.776. The van der Waals surface area contributed by atoms with Crippen molar-refractivity contribution in [3.63, 3.8) is 0 Å². The lowest BCUT2D eigenvalue weighted by Crippen LogP contribution is -2.13. The number of hydrogen-bond acceptors (Lipinski definition) is 4. The van der Waals surface area contributed by atoms with Gasteiger partial charge in [-0.15, -0.1) is 0 Å². The largest absolute Gasteiger partial charge is 0.508 e. The third kappa shape index (κ3) is 2.37. The second-order valence-corrected chi connectivity index (χ2v) is 3.05. The minimum absolute atomic E-state index is 0.0139. The first-order valence-electron chi connectivity index (χ1n) is 4.42. The molecule has 4 nitrogen and oxygen atoms in total. The molecule has 0 aromatic heterocycles. The van der Waals surface area contributed by atoms with E-state index in [1.54, 1.807) is 19.2 Å². The van der Waals surface area contributed by atoms with Crippen LogP contribution in [0.3, 0.4) is 0 Å². The summed E-state index contributed by atoms with van der Waals surface area (Å²) in [6, 6.07) is 4.43.